The smallest absolute Gasteiger partial charge is 0.416 e. The summed E-state index contributed by atoms with van der Waals surface area (Å²) in [6.45, 7) is -0.109. The van der Waals surface area contributed by atoms with Crippen LogP contribution in [0.15, 0.2) is 47.4 Å². The second-order valence-corrected chi connectivity index (χ2v) is 11.3. The SMILES string of the molecule is O=C(O)Nc1ccc2c(c1)N(S(=O)(=O)c1cccc(C(F)(F)F)c1)CC(CSC1CCCC1)O2. The van der Waals surface area contributed by atoms with Crippen LogP contribution in [0.4, 0.5) is 29.3 Å². The number of fused-ring (bicyclic) bond motifs is 1. The quantitative estimate of drug-likeness (QED) is 0.532. The van der Waals surface area contributed by atoms with E-state index in [0.29, 0.717) is 17.1 Å². The van der Waals surface area contributed by atoms with E-state index in [1.54, 1.807) is 11.8 Å². The zero-order valence-electron chi connectivity index (χ0n) is 17.9. The molecule has 0 radical (unpaired) electrons. The third-order valence-electron chi connectivity index (χ3n) is 5.71. The van der Waals surface area contributed by atoms with Gasteiger partial charge in [0.2, 0.25) is 0 Å². The second-order valence-electron chi connectivity index (χ2n) is 8.15. The number of sulfonamides is 1. The molecule has 2 aromatic rings. The number of nitrogens with zero attached hydrogens (tertiary/aromatic N) is 1. The van der Waals surface area contributed by atoms with Crippen LogP contribution in [-0.4, -0.2) is 43.3 Å². The summed E-state index contributed by atoms with van der Waals surface area (Å²) in [5.41, 5.74) is -0.902. The van der Waals surface area contributed by atoms with Gasteiger partial charge in [0.05, 0.1) is 22.7 Å². The standard InChI is InChI=1S/C22H23F3N2O5S2/c23-22(24,25)14-4-3-7-18(10-14)34(30,31)27-12-16(13-33-17-5-1-2-6-17)32-20-9-8-15(11-19(20)27)26-21(28)29/h3-4,7-11,16-17,26H,1-2,5-6,12-13H2,(H,28,29). The van der Waals surface area contributed by atoms with Crippen LogP contribution in [-0.2, 0) is 16.2 Å². The molecule has 1 atom stereocenters. The van der Waals surface area contributed by atoms with Gasteiger partial charge in [-0.05, 0) is 49.2 Å². The highest BCUT2D eigenvalue weighted by atomic mass is 32.2. The van der Waals surface area contributed by atoms with Crippen molar-refractivity contribution in [3.05, 3.63) is 48.0 Å². The van der Waals surface area contributed by atoms with Gasteiger partial charge in [-0.2, -0.15) is 24.9 Å². The first-order valence-electron chi connectivity index (χ1n) is 10.7. The summed E-state index contributed by atoms with van der Waals surface area (Å²) in [5, 5.41) is 11.6. The molecular formula is C22H23F3N2O5S2. The number of rotatable bonds is 6. The highest BCUT2D eigenvalue weighted by Crippen LogP contribution is 2.41. The lowest BCUT2D eigenvalue weighted by Crippen LogP contribution is -2.44. The van der Waals surface area contributed by atoms with Crippen LogP contribution < -0.4 is 14.4 Å². The van der Waals surface area contributed by atoms with Gasteiger partial charge in [0, 0.05) is 16.7 Å². The van der Waals surface area contributed by atoms with Gasteiger partial charge >= 0.3 is 12.3 Å². The van der Waals surface area contributed by atoms with Crippen molar-refractivity contribution < 1.29 is 36.2 Å². The average molecular weight is 517 g/mol. The van der Waals surface area contributed by atoms with E-state index >= 15 is 0 Å². The Morgan fingerprint density at radius 1 is 1.18 bits per heavy atom. The zero-order valence-corrected chi connectivity index (χ0v) is 19.5. The fourth-order valence-electron chi connectivity index (χ4n) is 4.09. The van der Waals surface area contributed by atoms with Gasteiger partial charge in [-0.3, -0.25) is 9.62 Å². The van der Waals surface area contributed by atoms with Gasteiger partial charge in [-0.1, -0.05) is 18.9 Å². The molecule has 7 nitrogen and oxygen atoms in total. The van der Waals surface area contributed by atoms with Gasteiger partial charge in [-0.25, -0.2) is 13.2 Å². The minimum Gasteiger partial charge on any atom is -0.485 e. The summed E-state index contributed by atoms with van der Waals surface area (Å²) in [4.78, 5) is 10.5. The molecule has 12 heteroatoms. The molecule has 2 N–H and O–H groups in total. The van der Waals surface area contributed by atoms with E-state index in [-0.39, 0.29) is 23.7 Å². The summed E-state index contributed by atoms with van der Waals surface area (Å²) in [5.74, 6) is 0.739. The minimum absolute atomic E-state index is 0.0609. The van der Waals surface area contributed by atoms with Crippen LogP contribution in [0.3, 0.4) is 0 Å². The van der Waals surface area contributed by atoms with Gasteiger partial charge in [0.25, 0.3) is 10.0 Å². The molecule has 1 amide bonds. The number of amides is 1. The Labute approximate surface area is 199 Å². The van der Waals surface area contributed by atoms with Crippen molar-refractivity contribution in [3.63, 3.8) is 0 Å². The Morgan fingerprint density at radius 2 is 1.91 bits per heavy atom. The number of benzene rings is 2. The number of thioether (sulfide) groups is 1. The fourth-order valence-corrected chi connectivity index (χ4v) is 6.96. The molecule has 1 fully saturated rings. The molecule has 1 aliphatic carbocycles. The van der Waals surface area contributed by atoms with E-state index in [9.17, 15) is 26.4 Å². The fraction of sp³-hybridized carbons (Fsp3) is 0.409. The van der Waals surface area contributed by atoms with E-state index in [1.807, 2.05) is 0 Å². The first-order chi connectivity index (χ1) is 16.0. The number of anilines is 2. The number of alkyl halides is 3. The number of nitrogens with one attached hydrogen (secondary N) is 1. The number of hydrogen-bond acceptors (Lipinski definition) is 5. The molecule has 1 saturated carbocycles. The van der Waals surface area contributed by atoms with Gasteiger partial charge in [0.1, 0.15) is 11.9 Å². The number of hydrogen-bond donors (Lipinski definition) is 2. The maximum atomic E-state index is 13.5. The predicted octanol–water partition coefficient (Wildman–Crippen LogP) is 5.43. The Morgan fingerprint density at radius 3 is 2.59 bits per heavy atom. The van der Waals surface area contributed by atoms with E-state index in [4.69, 9.17) is 9.84 Å². The second kappa shape index (κ2) is 9.57. The summed E-state index contributed by atoms with van der Waals surface area (Å²) < 4.78 is 73.8. The molecule has 0 bridgehead atoms. The molecule has 0 aromatic heterocycles. The lowest BCUT2D eigenvalue weighted by atomic mass is 10.2. The highest BCUT2D eigenvalue weighted by molar-refractivity contribution is 7.99. The summed E-state index contributed by atoms with van der Waals surface area (Å²) >= 11 is 1.71. The Kier molecular flexibility index (Phi) is 6.90. The van der Waals surface area contributed by atoms with E-state index in [0.717, 1.165) is 48.2 Å². The molecule has 0 saturated heterocycles. The molecule has 2 aromatic carbocycles. The lowest BCUT2D eigenvalue weighted by Gasteiger charge is -2.36. The van der Waals surface area contributed by atoms with Crippen molar-refractivity contribution >= 4 is 39.3 Å². The molecule has 0 spiro atoms. The van der Waals surface area contributed by atoms with Crippen LogP contribution in [0, 0.1) is 0 Å². The molecule has 1 aliphatic heterocycles. The van der Waals surface area contributed by atoms with Crippen molar-refractivity contribution in [2.75, 3.05) is 21.9 Å². The maximum Gasteiger partial charge on any atom is 0.416 e. The third-order valence-corrected chi connectivity index (χ3v) is 8.99. The molecular weight excluding hydrogens is 493 g/mol. The van der Waals surface area contributed by atoms with Crippen LogP contribution in [0.5, 0.6) is 5.75 Å². The first-order valence-corrected chi connectivity index (χ1v) is 13.1. The molecule has 34 heavy (non-hydrogen) atoms. The van der Waals surface area contributed by atoms with Crippen LogP contribution in [0.1, 0.15) is 31.2 Å². The molecule has 184 valence electrons. The normalized spacial score (nSPS) is 18.9. The Hall–Kier alpha value is -2.60. The predicted molar refractivity (Wildman–Crippen MR) is 123 cm³/mol. The number of carbonyl (C=O) groups is 1. The molecule has 4 rings (SSSR count). The van der Waals surface area contributed by atoms with Gasteiger partial charge in [0.15, 0.2) is 0 Å². The molecule has 2 aliphatic rings. The Bertz CT molecular complexity index is 1170. The summed E-state index contributed by atoms with van der Waals surface area (Å²) in [6.07, 6.45) is -2.07. The van der Waals surface area contributed by atoms with E-state index in [2.05, 4.69) is 5.32 Å². The van der Waals surface area contributed by atoms with E-state index < -0.39 is 38.9 Å². The number of carboxylic acid groups (broad SMARTS) is 1. The topological polar surface area (TPSA) is 95.9 Å². The van der Waals surface area contributed by atoms with Crippen LogP contribution >= 0.6 is 11.8 Å². The molecule has 1 heterocycles. The highest BCUT2D eigenvalue weighted by Gasteiger charge is 2.37. The third kappa shape index (κ3) is 5.38. The average Bonchev–Trinajstić information content (AvgIpc) is 3.30. The van der Waals surface area contributed by atoms with Crippen molar-refractivity contribution in [2.45, 2.75) is 48.1 Å². The number of halogens is 3. The Balaban J connectivity index is 1.70. The number of ether oxygens (including phenoxy) is 1. The van der Waals surface area contributed by atoms with Crippen molar-refractivity contribution in [1.82, 2.24) is 0 Å². The van der Waals surface area contributed by atoms with Gasteiger partial charge in [-0.15, -0.1) is 0 Å². The first kappa shape index (κ1) is 24.5. The van der Waals surface area contributed by atoms with Crippen molar-refractivity contribution in [2.24, 2.45) is 0 Å². The zero-order chi connectivity index (χ0) is 24.5. The van der Waals surface area contributed by atoms with Crippen molar-refractivity contribution in [3.8, 4) is 5.75 Å². The largest absolute Gasteiger partial charge is 0.485 e. The van der Waals surface area contributed by atoms with Crippen molar-refractivity contribution in [1.29, 1.82) is 0 Å². The minimum atomic E-state index is -4.70. The monoisotopic (exact) mass is 516 g/mol. The van der Waals surface area contributed by atoms with Crippen LogP contribution in [0.25, 0.3) is 0 Å². The maximum absolute atomic E-state index is 13.5. The lowest BCUT2D eigenvalue weighted by molar-refractivity contribution is -0.137. The van der Waals surface area contributed by atoms with Crippen LogP contribution in [0.2, 0.25) is 0 Å². The van der Waals surface area contributed by atoms with Gasteiger partial charge < -0.3 is 9.84 Å². The van der Waals surface area contributed by atoms with E-state index in [1.165, 1.54) is 18.2 Å². The summed E-state index contributed by atoms with van der Waals surface area (Å²) in [7, 11) is -4.40. The summed E-state index contributed by atoms with van der Waals surface area (Å²) in [6, 6.07) is 7.77. The molecule has 1 unspecified atom stereocenters.